The van der Waals surface area contributed by atoms with Crippen LogP contribution in [0.15, 0.2) is 30.3 Å². The standard InChI is InChI=1S/C21H26ClNO3.ClH/c1-23-11-8-16-17(9-12-23)19(7-5-18(16)22)26-13-10-15-4-6-20(24-2)21(14-15)25-3;/h4-7,14H,8-13H2,1-3H3;1H. The van der Waals surface area contributed by atoms with Crippen LogP contribution in [0.1, 0.15) is 16.7 Å². The van der Waals surface area contributed by atoms with Gasteiger partial charge in [0.25, 0.3) is 0 Å². The molecule has 0 saturated carbocycles. The van der Waals surface area contributed by atoms with Crippen LogP contribution in [-0.4, -0.2) is 45.9 Å². The molecule has 0 spiro atoms. The fraction of sp³-hybridized carbons (Fsp3) is 0.429. The Labute approximate surface area is 172 Å². The quantitative estimate of drug-likeness (QED) is 0.703. The first kappa shape index (κ1) is 21.7. The van der Waals surface area contributed by atoms with Gasteiger partial charge in [0.05, 0.1) is 20.8 Å². The minimum atomic E-state index is 0. The Morgan fingerprint density at radius 1 is 0.926 bits per heavy atom. The lowest BCUT2D eigenvalue weighted by atomic mass is 10.0. The van der Waals surface area contributed by atoms with Crippen molar-refractivity contribution in [2.45, 2.75) is 19.3 Å². The van der Waals surface area contributed by atoms with Crippen LogP contribution in [0.4, 0.5) is 0 Å². The van der Waals surface area contributed by atoms with Crippen LogP contribution in [0.2, 0.25) is 5.02 Å². The molecule has 0 radical (unpaired) electrons. The summed E-state index contributed by atoms with van der Waals surface area (Å²) in [7, 11) is 5.44. The van der Waals surface area contributed by atoms with Crippen molar-refractivity contribution in [3.63, 3.8) is 0 Å². The van der Waals surface area contributed by atoms with Gasteiger partial charge in [-0.2, -0.15) is 0 Å². The minimum absolute atomic E-state index is 0. The average Bonchev–Trinajstić information content (AvgIpc) is 2.86. The summed E-state index contributed by atoms with van der Waals surface area (Å²) >= 11 is 6.43. The largest absolute Gasteiger partial charge is 0.493 e. The summed E-state index contributed by atoms with van der Waals surface area (Å²) in [6, 6.07) is 9.93. The van der Waals surface area contributed by atoms with Crippen molar-refractivity contribution in [3.8, 4) is 17.2 Å². The Morgan fingerprint density at radius 3 is 2.30 bits per heavy atom. The smallest absolute Gasteiger partial charge is 0.160 e. The molecular weight excluding hydrogens is 385 g/mol. The highest BCUT2D eigenvalue weighted by Crippen LogP contribution is 2.32. The molecule has 0 aromatic heterocycles. The van der Waals surface area contributed by atoms with Gasteiger partial charge in [-0.15, -0.1) is 12.4 Å². The van der Waals surface area contributed by atoms with Crippen molar-refractivity contribution in [1.29, 1.82) is 0 Å². The number of benzene rings is 2. The lowest BCUT2D eigenvalue weighted by Gasteiger charge is -2.15. The van der Waals surface area contributed by atoms with Gasteiger partial charge in [0, 0.05) is 30.1 Å². The second-order valence-electron chi connectivity index (χ2n) is 6.59. The van der Waals surface area contributed by atoms with Gasteiger partial charge in [-0.1, -0.05) is 17.7 Å². The summed E-state index contributed by atoms with van der Waals surface area (Å²) in [5.41, 5.74) is 3.65. The maximum Gasteiger partial charge on any atom is 0.160 e. The maximum atomic E-state index is 6.43. The van der Waals surface area contributed by atoms with E-state index in [2.05, 4.69) is 11.9 Å². The molecule has 4 nitrogen and oxygen atoms in total. The molecule has 0 unspecified atom stereocenters. The first-order valence-electron chi connectivity index (χ1n) is 8.95. The first-order valence-corrected chi connectivity index (χ1v) is 9.32. The molecule has 1 aliphatic rings. The molecule has 3 rings (SSSR count). The summed E-state index contributed by atoms with van der Waals surface area (Å²) < 4.78 is 16.8. The summed E-state index contributed by atoms with van der Waals surface area (Å²) in [4.78, 5) is 2.34. The Bertz CT molecular complexity index is 767. The molecule has 0 aliphatic carbocycles. The number of ether oxygens (including phenoxy) is 3. The molecule has 1 heterocycles. The second-order valence-corrected chi connectivity index (χ2v) is 7.00. The molecule has 148 valence electrons. The SMILES string of the molecule is COc1ccc(CCOc2ccc(Cl)c3c2CCN(C)CC3)cc1OC.Cl. The van der Waals surface area contributed by atoms with Gasteiger partial charge in [0.1, 0.15) is 5.75 Å². The predicted molar refractivity (Wildman–Crippen MR) is 112 cm³/mol. The number of methoxy groups -OCH3 is 2. The van der Waals surface area contributed by atoms with E-state index >= 15 is 0 Å². The number of hydrogen-bond donors (Lipinski definition) is 0. The monoisotopic (exact) mass is 411 g/mol. The number of hydrogen-bond acceptors (Lipinski definition) is 4. The van der Waals surface area contributed by atoms with Gasteiger partial charge in [0.2, 0.25) is 0 Å². The molecule has 0 amide bonds. The molecule has 2 aromatic carbocycles. The number of fused-ring (bicyclic) bond motifs is 1. The highest BCUT2D eigenvalue weighted by molar-refractivity contribution is 6.31. The zero-order valence-corrected chi connectivity index (χ0v) is 17.7. The molecule has 0 saturated heterocycles. The van der Waals surface area contributed by atoms with E-state index in [0.29, 0.717) is 6.61 Å². The number of rotatable bonds is 6. The Balaban J connectivity index is 0.00000261. The third-order valence-corrected chi connectivity index (χ3v) is 5.27. The third-order valence-electron chi connectivity index (χ3n) is 4.91. The van der Waals surface area contributed by atoms with E-state index in [1.807, 2.05) is 30.3 Å². The van der Waals surface area contributed by atoms with Gasteiger partial charge in [-0.25, -0.2) is 0 Å². The van der Waals surface area contributed by atoms with Crippen LogP contribution >= 0.6 is 24.0 Å². The van der Waals surface area contributed by atoms with Gasteiger partial charge < -0.3 is 19.1 Å². The Morgan fingerprint density at radius 2 is 1.59 bits per heavy atom. The summed E-state index contributed by atoms with van der Waals surface area (Å²) in [5, 5.41) is 0.850. The van der Waals surface area contributed by atoms with Crippen LogP contribution in [0.5, 0.6) is 17.2 Å². The molecule has 0 N–H and O–H groups in total. The molecule has 6 heteroatoms. The average molecular weight is 412 g/mol. The van der Waals surface area contributed by atoms with E-state index in [4.69, 9.17) is 25.8 Å². The zero-order valence-electron chi connectivity index (χ0n) is 16.1. The summed E-state index contributed by atoms with van der Waals surface area (Å²) in [6.45, 7) is 2.67. The van der Waals surface area contributed by atoms with Gasteiger partial charge in [-0.05, 0) is 55.3 Å². The fourth-order valence-electron chi connectivity index (χ4n) is 3.35. The molecule has 27 heavy (non-hydrogen) atoms. The van der Waals surface area contributed by atoms with Crippen LogP contribution in [0.25, 0.3) is 0 Å². The fourth-order valence-corrected chi connectivity index (χ4v) is 3.63. The van der Waals surface area contributed by atoms with Gasteiger partial charge in [-0.3, -0.25) is 0 Å². The maximum absolute atomic E-state index is 6.43. The van der Waals surface area contributed by atoms with E-state index < -0.39 is 0 Å². The van der Waals surface area contributed by atoms with E-state index in [0.717, 1.165) is 60.2 Å². The summed E-state index contributed by atoms with van der Waals surface area (Å²) in [5.74, 6) is 2.44. The Hall–Kier alpha value is -1.62. The molecular formula is C21H27Cl2NO3. The van der Waals surface area contributed by atoms with Crippen molar-refractivity contribution in [2.75, 3.05) is 41.0 Å². The number of halogens is 2. The molecule has 1 aliphatic heterocycles. The van der Waals surface area contributed by atoms with Crippen molar-refractivity contribution in [3.05, 3.63) is 52.0 Å². The minimum Gasteiger partial charge on any atom is -0.493 e. The molecule has 2 aromatic rings. The van der Waals surface area contributed by atoms with Crippen LogP contribution in [0.3, 0.4) is 0 Å². The normalized spacial score (nSPS) is 13.9. The van der Waals surface area contributed by atoms with E-state index in [-0.39, 0.29) is 12.4 Å². The van der Waals surface area contributed by atoms with Crippen LogP contribution in [0, 0.1) is 0 Å². The number of likely N-dealkylation sites (N-methyl/N-ethyl adjacent to an activating group) is 1. The van der Waals surface area contributed by atoms with E-state index in [1.165, 1.54) is 11.1 Å². The van der Waals surface area contributed by atoms with Gasteiger partial charge in [0.15, 0.2) is 11.5 Å². The van der Waals surface area contributed by atoms with Crippen LogP contribution < -0.4 is 14.2 Å². The second kappa shape index (κ2) is 10.1. The molecule has 0 fully saturated rings. The van der Waals surface area contributed by atoms with Crippen molar-refractivity contribution >= 4 is 24.0 Å². The zero-order chi connectivity index (χ0) is 18.5. The van der Waals surface area contributed by atoms with Gasteiger partial charge >= 0.3 is 0 Å². The summed E-state index contributed by atoms with van der Waals surface area (Å²) in [6.07, 6.45) is 2.74. The molecule has 0 atom stereocenters. The van der Waals surface area contributed by atoms with Crippen molar-refractivity contribution < 1.29 is 14.2 Å². The van der Waals surface area contributed by atoms with Crippen molar-refractivity contribution in [1.82, 2.24) is 4.90 Å². The predicted octanol–water partition coefficient (Wildman–Crippen LogP) is 4.43. The van der Waals surface area contributed by atoms with Crippen LogP contribution in [-0.2, 0) is 19.3 Å². The topological polar surface area (TPSA) is 30.9 Å². The van der Waals surface area contributed by atoms with E-state index in [9.17, 15) is 0 Å². The number of nitrogens with zero attached hydrogens (tertiary/aromatic N) is 1. The first-order chi connectivity index (χ1) is 12.6. The van der Waals surface area contributed by atoms with Crippen molar-refractivity contribution in [2.24, 2.45) is 0 Å². The Kier molecular flexibility index (Phi) is 8.08. The molecule has 0 bridgehead atoms. The lowest BCUT2D eigenvalue weighted by Crippen LogP contribution is -2.20. The van der Waals surface area contributed by atoms with E-state index in [1.54, 1.807) is 14.2 Å². The lowest BCUT2D eigenvalue weighted by molar-refractivity contribution is 0.315. The highest BCUT2D eigenvalue weighted by atomic mass is 35.5. The third kappa shape index (κ3) is 5.22. The highest BCUT2D eigenvalue weighted by Gasteiger charge is 2.18.